The molecule has 2 aromatic rings. The summed E-state index contributed by atoms with van der Waals surface area (Å²) in [5, 5.41) is 6.65. The van der Waals surface area contributed by atoms with E-state index in [-0.39, 0.29) is 0 Å². The first-order chi connectivity index (χ1) is 9.22. The van der Waals surface area contributed by atoms with Crippen LogP contribution in [0.4, 0.5) is 0 Å². The first-order valence-corrected chi connectivity index (χ1v) is 7.95. The lowest BCUT2D eigenvalue weighted by atomic mass is 10.1. The lowest BCUT2D eigenvalue weighted by Gasteiger charge is -2.09. The lowest BCUT2D eigenvalue weighted by Crippen LogP contribution is -2.13. The third-order valence-electron chi connectivity index (χ3n) is 3.08. The number of nitrogens with one attached hydrogen (secondary N) is 1. The topological polar surface area (TPSA) is 34.1 Å². The zero-order valence-corrected chi connectivity index (χ0v) is 13.1. The Morgan fingerprint density at radius 3 is 3.11 bits per heavy atom. The second kappa shape index (κ2) is 5.61. The van der Waals surface area contributed by atoms with Crippen molar-refractivity contribution in [2.24, 2.45) is 0 Å². The van der Waals surface area contributed by atoms with E-state index < -0.39 is 0 Å². The Morgan fingerprint density at radius 1 is 1.42 bits per heavy atom. The van der Waals surface area contributed by atoms with Gasteiger partial charge in [-0.3, -0.25) is 0 Å². The van der Waals surface area contributed by atoms with Gasteiger partial charge in [0.15, 0.2) is 0 Å². The molecule has 1 aliphatic rings. The van der Waals surface area contributed by atoms with Crippen molar-refractivity contribution in [3.05, 3.63) is 43.8 Å². The van der Waals surface area contributed by atoms with E-state index in [9.17, 15) is 0 Å². The molecule has 3 rings (SSSR count). The Kier molecular flexibility index (Phi) is 3.86. The summed E-state index contributed by atoms with van der Waals surface area (Å²) in [7, 11) is 0. The molecule has 0 amide bonds. The number of thiazole rings is 1. The molecule has 1 aliphatic heterocycles. The first-order valence-electron chi connectivity index (χ1n) is 6.28. The second-order valence-electron chi connectivity index (χ2n) is 4.64. The quantitative estimate of drug-likeness (QED) is 0.927. The number of halogens is 1. The summed E-state index contributed by atoms with van der Waals surface area (Å²) in [6.45, 7) is 4.43. The zero-order valence-electron chi connectivity index (χ0n) is 10.7. The van der Waals surface area contributed by atoms with Crippen molar-refractivity contribution in [1.29, 1.82) is 0 Å². The third-order valence-corrected chi connectivity index (χ3v) is 4.51. The number of hydrogen-bond donors (Lipinski definition) is 1. The van der Waals surface area contributed by atoms with Crippen LogP contribution in [-0.2, 0) is 19.5 Å². The molecule has 0 atom stereocenters. The molecule has 0 aliphatic carbocycles. The average Bonchev–Trinajstić information content (AvgIpc) is 2.98. The summed E-state index contributed by atoms with van der Waals surface area (Å²) in [6, 6.07) is 4.28. The van der Waals surface area contributed by atoms with Gasteiger partial charge in [-0.1, -0.05) is 15.9 Å². The number of fused-ring (bicyclic) bond motifs is 1. The Labute approximate surface area is 125 Å². The van der Waals surface area contributed by atoms with Gasteiger partial charge in [0.1, 0.15) is 10.8 Å². The molecule has 0 saturated carbocycles. The fraction of sp³-hybridized carbons (Fsp3) is 0.357. The molecule has 1 N–H and O–H groups in total. The summed E-state index contributed by atoms with van der Waals surface area (Å²) in [5.41, 5.74) is 3.61. The van der Waals surface area contributed by atoms with Gasteiger partial charge in [0, 0.05) is 40.6 Å². The summed E-state index contributed by atoms with van der Waals surface area (Å²) >= 11 is 5.26. The molecule has 1 aromatic carbocycles. The van der Waals surface area contributed by atoms with E-state index in [1.165, 1.54) is 11.1 Å². The summed E-state index contributed by atoms with van der Waals surface area (Å²) in [5.74, 6) is 1.06. The van der Waals surface area contributed by atoms with Crippen molar-refractivity contribution in [3.8, 4) is 5.75 Å². The number of aromatic nitrogens is 1. The molecule has 3 nitrogen and oxygen atoms in total. The largest absolute Gasteiger partial charge is 0.493 e. The van der Waals surface area contributed by atoms with Gasteiger partial charge in [-0.25, -0.2) is 4.98 Å². The fourth-order valence-electron chi connectivity index (χ4n) is 2.27. The van der Waals surface area contributed by atoms with E-state index >= 15 is 0 Å². The van der Waals surface area contributed by atoms with Gasteiger partial charge in [-0.15, -0.1) is 11.3 Å². The predicted octanol–water partition coefficient (Wildman–Crippen LogP) is 3.44. The molecule has 100 valence electrons. The van der Waals surface area contributed by atoms with Crippen LogP contribution in [-0.4, -0.2) is 11.6 Å². The van der Waals surface area contributed by atoms with Crippen LogP contribution < -0.4 is 10.1 Å². The number of benzene rings is 1. The van der Waals surface area contributed by atoms with E-state index in [0.29, 0.717) is 0 Å². The minimum Gasteiger partial charge on any atom is -0.493 e. The van der Waals surface area contributed by atoms with Crippen LogP contribution in [0.2, 0.25) is 0 Å². The minimum absolute atomic E-state index is 0.796. The molecular formula is C14H15BrN2OS. The van der Waals surface area contributed by atoms with Gasteiger partial charge >= 0.3 is 0 Å². The maximum atomic E-state index is 5.72. The third kappa shape index (κ3) is 2.99. The van der Waals surface area contributed by atoms with E-state index in [0.717, 1.165) is 47.0 Å². The van der Waals surface area contributed by atoms with Crippen molar-refractivity contribution in [3.63, 3.8) is 0 Å². The predicted molar refractivity (Wildman–Crippen MR) is 80.7 cm³/mol. The molecule has 5 heteroatoms. The van der Waals surface area contributed by atoms with Gasteiger partial charge in [0.05, 0.1) is 6.61 Å². The van der Waals surface area contributed by atoms with Crippen LogP contribution in [0.15, 0.2) is 22.0 Å². The standard InChI is InChI=1S/C14H15BrN2OS/c1-9-8-19-13(17-9)7-16-6-11-5-12(15)4-10-2-3-18-14(10)11/h4-5,8,16H,2-3,6-7H2,1H3. The summed E-state index contributed by atoms with van der Waals surface area (Å²) in [6.07, 6.45) is 1.01. The van der Waals surface area contributed by atoms with Crippen LogP contribution in [0.5, 0.6) is 5.75 Å². The molecule has 0 radical (unpaired) electrons. The summed E-state index contributed by atoms with van der Waals surface area (Å²) < 4.78 is 6.84. The van der Waals surface area contributed by atoms with Gasteiger partial charge in [0.2, 0.25) is 0 Å². The van der Waals surface area contributed by atoms with Gasteiger partial charge < -0.3 is 10.1 Å². The minimum atomic E-state index is 0.796. The number of rotatable bonds is 4. The Hall–Kier alpha value is -0.910. The number of aryl methyl sites for hydroxylation is 1. The normalized spacial score (nSPS) is 13.4. The van der Waals surface area contributed by atoms with Crippen LogP contribution >= 0.6 is 27.3 Å². The van der Waals surface area contributed by atoms with Gasteiger partial charge in [-0.05, 0) is 24.6 Å². The number of ether oxygens (including phenoxy) is 1. The van der Waals surface area contributed by atoms with Gasteiger partial charge in [0.25, 0.3) is 0 Å². The maximum Gasteiger partial charge on any atom is 0.127 e. The second-order valence-corrected chi connectivity index (χ2v) is 6.50. The monoisotopic (exact) mass is 338 g/mol. The molecule has 2 heterocycles. The highest BCUT2D eigenvalue weighted by Gasteiger charge is 2.17. The molecule has 1 aromatic heterocycles. The van der Waals surface area contributed by atoms with E-state index in [1.54, 1.807) is 11.3 Å². The van der Waals surface area contributed by atoms with Crippen LogP contribution in [0, 0.1) is 6.92 Å². The molecular weight excluding hydrogens is 324 g/mol. The number of hydrogen-bond acceptors (Lipinski definition) is 4. The van der Waals surface area contributed by atoms with E-state index in [2.05, 4.69) is 43.7 Å². The maximum absolute atomic E-state index is 5.72. The zero-order chi connectivity index (χ0) is 13.2. The Bertz CT molecular complexity index is 597. The molecule has 0 unspecified atom stereocenters. The molecule has 0 fully saturated rings. The Balaban J connectivity index is 1.67. The van der Waals surface area contributed by atoms with Crippen LogP contribution in [0.1, 0.15) is 21.8 Å². The highest BCUT2D eigenvalue weighted by molar-refractivity contribution is 9.10. The number of nitrogens with zero attached hydrogens (tertiary/aromatic N) is 1. The molecule has 19 heavy (non-hydrogen) atoms. The molecule has 0 saturated heterocycles. The fourth-order valence-corrected chi connectivity index (χ4v) is 3.56. The van der Waals surface area contributed by atoms with Crippen molar-refractivity contribution in [1.82, 2.24) is 10.3 Å². The molecule has 0 bridgehead atoms. The highest BCUT2D eigenvalue weighted by atomic mass is 79.9. The van der Waals surface area contributed by atoms with E-state index in [1.807, 2.05) is 6.92 Å². The van der Waals surface area contributed by atoms with Crippen molar-refractivity contribution < 1.29 is 4.74 Å². The average molecular weight is 339 g/mol. The smallest absolute Gasteiger partial charge is 0.127 e. The van der Waals surface area contributed by atoms with Crippen LogP contribution in [0.25, 0.3) is 0 Å². The van der Waals surface area contributed by atoms with Crippen molar-refractivity contribution in [2.75, 3.05) is 6.61 Å². The SMILES string of the molecule is Cc1csc(CNCc2cc(Br)cc3c2OCC3)n1. The summed E-state index contributed by atoms with van der Waals surface area (Å²) in [4.78, 5) is 4.45. The van der Waals surface area contributed by atoms with Gasteiger partial charge in [-0.2, -0.15) is 0 Å². The van der Waals surface area contributed by atoms with Crippen LogP contribution in [0.3, 0.4) is 0 Å². The Morgan fingerprint density at radius 2 is 2.32 bits per heavy atom. The van der Waals surface area contributed by atoms with Crippen molar-refractivity contribution in [2.45, 2.75) is 26.4 Å². The van der Waals surface area contributed by atoms with Crippen molar-refractivity contribution >= 4 is 27.3 Å². The lowest BCUT2D eigenvalue weighted by molar-refractivity contribution is 0.352. The highest BCUT2D eigenvalue weighted by Crippen LogP contribution is 2.32. The molecule has 0 spiro atoms. The van der Waals surface area contributed by atoms with E-state index in [4.69, 9.17) is 4.74 Å². The first kappa shape index (κ1) is 13.1.